The third kappa shape index (κ3) is 2.27. The maximum absolute atomic E-state index is 5.94. The molecule has 3 heteroatoms. The fraction of sp³-hybridized carbons (Fsp3) is 0.562. The molecule has 102 valence electrons. The molecule has 1 aliphatic rings. The maximum atomic E-state index is 5.94. The van der Waals surface area contributed by atoms with Gasteiger partial charge in [0, 0.05) is 18.8 Å². The number of hydrogen-bond acceptors (Lipinski definition) is 1. The van der Waals surface area contributed by atoms with Crippen LogP contribution in [0.5, 0.6) is 0 Å². The lowest BCUT2D eigenvalue weighted by Crippen LogP contribution is -2.14. The highest BCUT2D eigenvalue weighted by atomic mass is 35.5. The molecule has 0 atom stereocenters. The molecule has 0 N–H and O–H groups in total. The molecule has 1 fully saturated rings. The van der Waals surface area contributed by atoms with Gasteiger partial charge in [-0.15, -0.1) is 11.6 Å². The third-order valence-corrected chi connectivity index (χ3v) is 4.76. The van der Waals surface area contributed by atoms with Gasteiger partial charge in [0.2, 0.25) is 0 Å². The largest absolute Gasteiger partial charge is 0.327 e. The molecule has 0 bridgehead atoms. The van der Waals surface area contributed by atoms with Gasteiger partial charge in [0.15, 0.2) is 0 Å². The molecule has 19 heavy (non-hydrogen) atoms. The second kappa shape index (κ2) is 4.82. The van der Waals surface area contributed by atoms with Crippen molar-refractivity contribution < 1.29 is 0 Å². The summed E-state index contributed by atoms with van der Waals surface area (Å²) < 4.78 is 2.43. The molecule has 1 saturated carbocycles. The summed E-state index contributed by atoms with van der Waals surface area (Å²) in [5.41, 5.74) is 4.27. The summed E-state index contributed by atoms with van der Waals surface area (Å²) in [6.07, 6.45) is 4.83. The predicted molar refractivity (Wildman–Crippen MR) is 80.9 cm³/mol. The highest BCUT2D eigenvalue weighted by Gasteiger charge is 2.41. The Bertz CT molecular complexity index is 596. The zero-order chi connectivity index (χ0) is 13.5. The van der Waals surface area contributed by atoms with Crippen LogP contribution in [0.4, 0.5) is 0 Å². The van der Waals surface area contributed by atoms with Crippen LogP contribution < -0.4 is 0 Å². The zero-order valence-corrected chi connectivity index (χ0v) is 12.5. The molecule has 0 amide bonds. The SMILES string of the molecule is CCC1(Cn2c(CCCl)nc3cccc(C)c32)CC1. The highest BCUT2D eigenvalue weighted by molar-refractivity contribution is 6.17. The van der Waals surface area contributed by atoms with E-state index in [1.165, 1.54) is 30.3 Å². The first-order chi connectivity index (χ1) is 9.19. The van der Waals surface area contributed by atoms with Gasteiger partial charge in [-0.3, -0.25) is 0 Å². The van der Waals surface area contributed by atoms with E-state index in [2.05, 4.69) is 36.6 Å². The first-order valence-corrected chi connectivity index (χ1v) is 7.73. The van der Waals surface area contributed by atoms with Crippen LogP contribution >= 0.6 is 11.6 Å². The number of nitrogens with zero attached hydrogens (tertiary/aromatic N) is 2. The van der Waals surface area contributed by atoms with Crippen LogP contribution in [-0.2, 0) is 13.0 Å². The molecule has 0 unspecified atom stereocenters. The number of fused-ring (bicyclic) bond motifs is 1. The van der Waals surface area contributed by atoms with Crippen LogP contribution in [0.15, 0.2) is 18.2 Å². The Kier molecular flexibility index (Phi) is 3.30. The van der Waals surface area contributed by atoms with E-state index in [9.17, 15) is 0 Å². The number of imidazole rings is 1. The minimum absolute atomic E-state index is 0.525. The quantitative estimate of drug-likeness (QED) is 0.744. The molecule has 2 nitrogen and oxygen atoms in total. The van der Waals surface area contributed by atoms with Crippen LogP contribution in [0.3, 0.4) is 0 Å². The average molecular weight is 277 g/mol. The van der Waals surface area contributed by atoms with Crippen molar-refractivity contribution in [3.05, 3.63) is 29.6 Å². The van der Waals surface area contributed by atoms with Crippen molar-refractivity contribution in [3.63, 3.8) is 0 Å². The highest BCUT2D eigenvalue weighted by Crippen LogP contribution is 2.50. The smallest absolute Gasteiger partial charge is 0.111 e. The second-order valence-electron chi connectivity index (χ2n) is 5.85. The molecule has 1 heterocycles. The lowest BCUT2D eigenvalue weighted by molar-refractivity contribution is 0.408. The molecule has 2 aromatic rings. The lowest BCUT2D eigenvalue weighted by atomic mass is 10.0. The standard InChI is InChI=1S/C16H21ClN2/c1-3-16(8-9-16)11-19-14(7-10-17)18-13-6-4-5-12(2)15(13)19/h4-6H,3,7-11H2,1-2H3. The van der Waals surface area contributed by atoms with Crippen molar-refractivity contribution in [2.24, 2.45) is 5.41 Å². The van der Waals surface area contributed by atoms with E-state index in [1.807, 2.05) is 0 Å². The first kappa shape index (κ1) is 13.0. The van der Waals surface area contributed by atoms with Gasteiger partial charge in [-0.05, 0) is 43.2 Å². The second-order valence-corrected chi connectivity index (χ2v) is 6.23. The molecule has 1 aromatic carbocycles. The average Bonchev–Trinajstić information content (AvgIpc) is 3.09. The Labute approximate surface area is 119 Å². The monoisotopic (exact) mass is 276 g/mol. The van der Waals surface area contributed by atoms with Crippen molar-refractivity contribution in [1.29, 1.82) is 0 Å². The van der Waals surface area contributed by atoms with E-state index in [4.69, 9.17) is 16.6 Å². The molecule has 1 aliphatic carbocycles. The fourth-order valence-electron chi connectivity index (χ4n) is 2.99. The molecular weight excluding hydrogens is 256 g/mol. The predicted octanol–water partition coefficient (Wildman–Crippen LogP) is 4.32. The van der Waals surface area contributed by atoms with Gasteiger partial charge in [-0.1, -0.05) is 19.1 Å². The maximum Gasteiger partial charge on any atom is 0.111 e. The number of para-hydroxylation sites is 1. The Morgan fingerprint density at radius 2 is 2.16 bits per heavy atom. The Morgan fingerprint density at radius 1 is 1.37 bits per heavy atom. The molecule has 0 aliphatic heterocycles. The summed E-state index contributed by atoms with van der Waals surface area (Å²) in [5, 5.41) is 0. The van der Waals surface area contributed by atoms with Gasteiger partial charge in [-0.2, -0.15) is 0 Å². The van der Waals surface area contributed by atoms with Gasteiger partial charge in [0.25, 0.3) is 0 Å². The first-order valence-electron chi connectivity index (χ1n) is 7.20. The summed E-state index contributed by atoms with van der Waals surface area (Å²) in [6.45, 7) is 5.59. The molecular formula is C16H21ClN2. The number of hydrogen-bond donors (Lipinski definition) is 0. The van der Waals surface area contributed by atoms with E-state index in [-0.39, 0.29) is 0 Å². The normalized spacial score (nSPS) is 17.0. The summed E-state index contributed by atoms with van der Waals surface area (Å²) in [6, 6.07) is 6.38. The molecule has 1 aromatic heterocycles. The van der Waals surface area contributed by atoms with Crippen LogP contribution in [-0.4, -0.2) is 15.4 Å². The summed E-state index contributed by atoms with van der Waals surface area (Å²) in [5.74, 6) is 1.79. The van der Waals surface area contributed by atoms with Crippen LogP contribution in [0.25, 0.3) is 11.0 Å². The zero-order valence-electron chi connectivity index (χ0n) is 11.7. The molecule has 0 radical (unpaired) electrons. The van der Waals surface area contributed by atoms with E-state index < -0.39 is 0 Å². The van der Waals surface area contributed by atoms with E-state index in [0.29, 0.717) is 11.3 Å². The Balaban J connectivity index is 2.10. The molecule has 0 saturated heterocycles. The van der Waals surface area contributed by atoms with Gasteiger partial charge >= 0.3 is 0 Å². The van der Waals surface area contributed by atoms with Crippen molar-refractivity contribution in [1.82, 2.24) is 9.55 Å². The third-order valence-electron chi connectivity index (χ3n) is 4.57. The van der Waals surface area contributed by atoms with E-state index in [0.717, 1.165) is 24.3 Å². The number of aromatic nitrogens is 2. The minimum atomic E-state index is 0.525. The van der Waals surface area contributed by atoms with E-state index in [1.54, 1.807) is 0 Å². The van der Waals surface area contributed by atoms with Gasteiger partial charge in [-0.25, -0.2) is 4.98 Å². The minimum Gasteiger partial charge on any atom is -0.327 e. The molecule has 3 rings (SSSR count). The summed E-state index contributed by atoms with van der Waals surface area (Å²) in [4.78, 5) is 4.79. The van der Waals surface area contributed by atoms with Gasteiger partial charge in [0.1, 0.15) is 5.82 Å². The number of rotatable bonds is 5. The summed E-state index contributed by atoms with van der Waals surface area (Å²) >= 11 is 5.94. The number of halogens is 1. The lowest BCUT2D eigenvalue weighted by Gasteiger charge is -2.17. The molecule has 0 spiro atoms. The Morgan fingerprint density at radius 3 is 2.79 bits per heavy atom. The van der Waals surface area contributed by atoms with Crippen molar-refractivity contribution in [3.8, 4) is 0 Å². The number of benzene rings is 1. The van der Waals surface area contributed by atoms with Crippen LogP contribution in [0.2, 0.25) is 0 Å². The van der Waals surface area contributed by atoms with Crippen molar-refractivity contribution >= 4 is 22.6 Å². The topological polar surface area (TPSA) is 17.8 Å². The van der Waals surface area contributed by atoms with Crippen LogP contribution in [0, 0.1) is 12.3 Å². The Hall–Kier alpha value is -1.02. The number of aryl methyl sites for hydroxylation is 2. The van der Waals surface area contributed by atoms with E-state index >= 15 is 0 Å². The van der Waals surface area contributed by atoms with Gasteiger partial charge in [0.05, 0.1) is 11.0 Å². The summed E-state index contributed by atoms with van der Waals surface area (Å²) in [7, 11) is 0. The van der Waals surface area contributed by atoms with Gasteiger partial charge < -0.3 is 4.57 Å². The van der Waals surface area contributed by atoms with Crippen molar-refractivity contribution in [2.75, 3.05) is 5.88 Å². The fourth-order valence-corrected chi connectivity index (χ4v) is 3.16. The van der Waals surface area contributed by atoms with Crippen molar-refractivity contribution in [2.45, 2.75) is 46.1 Å². The number of alkyl halides is 1. The van der Waals surface area contributed by atoms with Crippen LogP contribution in [0.1, 0.15) is 37.6 Å².